The number of esters is 1. The zero-order chi connectivity index (χ0) is 28.1. The normalized spacial score (nSPS) is 21.7. The van der Waals surface area contributed by atoms with E-state index in [1.807, 2.05) is 59.5 Å². The van der Waals surface area contributed by atoms with E-state index in [4.69, 9.17) is 9.47 Å². The molecule has 3 atom stereocenters. The van der Waals surface area contributed by atoms with Gasteiger partial charge in [-0.25, -0.2) is 4.98 Å². The third-order valence-electron chi connectivity index (χ3n) is 7.89. The van der Waals surface area contributed by atoms with Crippen LogP contribution in [-0.4, -0.2) is 60.5 Å². The van der Waals surface area contributed by atoms with Crippen molar-refractivity contribution in [2.45, 2.75) is 36.6 Å². The fourth-order valence-corrected chi connectivity index (χ4v) is 6.00. The van der Waals surface area contributed by atoms with Crippen molar-refractivity contribution in [1.29, 1.82) is 0 Å². The number of aromatic nitrogens is 1. The first-order chi connectivity index (χ1) is 19.5. The summed E-state index contributed by atoms with van der Waals surface area (Å²) in [5, 5.41) is 3.02. The number of methoxy groups -OCH3 is 1. The Morgan fingerprint density at radius 2 is 1.85 bits per heavy atom. The van der Waals surface area contributed by atoms with Gasteiger partial charge >= 0.3 is 5.97 Å². The maximum Gasteiger partial charge on any atom is 0.321 e. The van der Waals surface area contributed by atoms with Gasteiger partial charge in [-0.15, -0.1) is 0 Å². The third kappa shape index (κ3) is 4.97. The highest BCUT2D eigenvalue weighted by atomic mass is 16.5. The summed E-state index contributed by atoms with van der Waals surface area (Å²) in [4.78, 5) is 46.4. The van der Waals surface area contributed by atoms with Crippen LogP contribution in [0.3, 0.4) is 0 Å². The standard InChI is InChI=1S/C32H33N3O5/c1-3-20-40-31(38)32(22-10-5-4-6-11-22)17-15-25(24-12-7-8-14-27(24)32)30(37)35-19-16-23(21-35)34-28(36)26-13-9-18-33-29(26)39-2/h3-14,18,23,25H,1,15-17,19-21H2,2H3,(H,34,36)/t23?,25-,32?/m1/s1. The molecule has 8 nitrogen and oxygen atoms in total. The molecule has 2 heterocycles. The van der Waals surface area contributed by atoms with E-state index in [9.17, 15) is 14.4 Å². The van der Waals surface area contributed by atoms with Crippen molar-refractivity contribution in [3.05, 3.63) is 108 Å². The number of hydrogen-bond donors (Lipinski definition) is 1. The van der Waals surface area contributed by atoms with Crippen LogP contribution in [0, 0.1) is 0 Å². The molecule has 1 saturated heterocycles. The lowest BCUT2D eigenvalue weighted by molar-refractivity contribution is -0.149. The number of fused-ring (bicyclic) bond motifs is 1. The van der Waals surface area contributed by atoms with E-state index in [2.05, 4.69) is 16.9 Å². The van der Waals surface area contributed by atoms with Gasteiger partial charge < -0.3 is 19.7 Å². The SMILES string of the molecule is C=CCOC(=O)C1(c2ccccc2)CC[C@@H](C(=O)N2CCC(NC(=O)c3cccnc3OC)C2)c2ccccc21. The smallest absolute Gasteiger partial charge is 0.321 e. The van der Waals surface area contributed by atoms with Gasteiger partial charge in [-0.3, -0.25) is 14.4 Å². The molecule has 2 aliphatic rings. The van der Waals surface area contributed by atoms with Gasteiger partial charge in [0.2, 0.25) is 11.8 Å². The van der Waals surface area contributed by atoms with Crippen molar-refractivity contribution in [3.63, 3.8) is 0 Å². The maximum atomic E-state index is 13.9. The summed E-state index contributed by atoms with van der Waals surface area (Å²) < 4.78 is 10.9. The van der Waals surface area contributed by atoms with E-state index < -0.39 is 11.3 Å². The molecular formula is C32H33N3O5. The van der Waals surface area contributed by atoms with Crippen molar-refractivity contribution in [2.75, 3.05) is 26.8 Å². The third-order valence-corrected chi connectivity index (χ3v) is 7.89. The minimum Gasteiger partial charge on any atom is -0.480 e. The van der Waals surface area contributed by atoms with Crippen LogP contribution in [0.5, 0.6) is 5.88 Å². The first-order valence-electron chi connectivity index (χ1n) is 13.5. The van der Waals surface area contributed by atoms with Gasteiger partial charge in [0, 0.05) is 25.3 Å². The van der Waals surface area contributed by atoms with Crippen molar-refractivity contribution in [2.24, 2.45) is 0 Å². The Bertz CT molecular complexity index is 1410. The molecule has 2 unspecified atom stereocenters. The van der Waals surface area contributed by atoms with Gasteiger partial charge in [0.15, 0.2) is 0 Å². The number of nitrogens with one attached hydrogen (secondary N) is 1. The van der Waals surface area contributed by atoms with E-state index in [1.54, 1.807) is 24.4 Å². The van der Waals surface area contributed by atoms with E-state index >= 15 is 0 Å². The number of hydrogen-bond acceptors (Lipinski definition) is 6. The summed E-state index contributed by atoms with van der Waals surface area (Å²) in [6.45, 7) is 4.75. The molecule has 0 spiro atoms. The van der Waals surface area contributed by atoms with Crippen LogP contribution in [0.1, 0.15) is 52.2 Å². The van der Waals surface area contributed by atoms with Crippen LogP contribution in [-0.2, 0) is 19.7 Å². The number of nitrogens with zero attached hydrogens (tertiary/aromatic N) is 2. The zero-order valence-corrected chi connectivity index (χ0v) is 22.5. The monoisotopic (exact) mass is 539 g/mol. The number of carbonyl (C=O) groups excluding carboxylic acids is 3. The molecule has 3 aromatic rings. The first kappa shape index (κ1) is 27.1. The van der Waals surface area contributed by atoms with Crippen molar-refractivity contribution in [1.82, 2.24) is 15.2 Å². The van der Waals surface area contributed by atoms with Gasteiger partial charge in [0.1, 0.15) is 17.6 Å². The molecule has 2 aromatic carbocycles. The highest BCUT2D eigenvalue weighted by molar-refractivity contribution is 5.96. The molecule has 2 amide bonds. The van der Waals surface area contributed by atoms with Crippen LogP contribution in [0.25, 0.3) is 0 Å². The van der Waals surface area contributed by atoms with Crippen LogP contribution >= 0.6 is 0 Å². The van der Waals surface area contributed by atoms with Crippen molar-refractivity contribution < 1.29 is 23.9 Å². The number of carbonyl (C=O) groups is 3. The number of rotatable bonds is 8. The summed E-state index contributed by atoms with van der Waals surface area (Å²) in [6.07, 6.45) is 4.71. The quantitative estimate of drug-likeness (QED) is 0.343. The second-order valence-electron chi connectivity index (χ2n) is 10.1. The number of likely N-dealkylation sites (tertiary alicyclic amines) is 1. The van der Waals surface area contributed by atoms with Gasteiger partial charge in [-0.2, -0.15) is 0 Å². The lowest BCUT2D eigenvalue weighted by atomic mass is 9.63. The number of pyridine rings is 1. The van der Waals surface area contributed by atoms with E-state index in [1.165, 1.54) is 7.11 Å². The van der Waals surface area contributed by atoms with Crippen LogP contribution in [0.4, 0.5) is 0 Å². The Labute approximate surface area is 234 Å². The van der Waals surface area contributed by atoms with Gasteiger partial charge in [-0.1, -0.05) is 67.3 Å². The van der Waals surface area contributed by atoms with Crippen LogP contribution in [0.2, 0.25) is 0 Å². The molecule has 1 N–H and O–H groups in total. The summed E-state index contributed by atoms with van der Waals surface area (Å²) in [5.74, 6) is -0.750. The second kappa shape index (κ2) is 11.7. The topological polar surface area (TPSA) is 97.8 Å². The van der Waals surface area contributed by atoms with E-state index in [0.29, 0.717) is 37.9 Å². The summed E-state index contributed by atoms with van der Waals surface area (Å²) in [7, 11) is 1.47. The molecule has 5 rings (SSSR count). The Morgan fingerprint density at radius 1 is 1.07 bits per heavy atom. The minimum absolute atomic E-state index is 0.00396. The predicted molar refractivity (Wildman–Crippen MR) is 150 cm³/mol. The maximum absolute atomic E-state index is 13.9. The molecule has 1 fully saturated rings. The first-order valence-corrected chi connectivity index (χ1v) is 13.5. The number of amides is 2. The van der Waals surface area contributed by atoms with Gasteiger partial charge in [-0.05, 0) is 48.1 Å². The highest BCUT2D eigenvalue weighted by Gasteiger charge is 2.50. The van der Waals surface area contributed by atoms with Gasteiger partial charge in [0.05, 0.1) is 13.0 Å². The molecule has 0 saturated carbocycles. The van der Waals surface area contributed by atoms with Crippen molar-refractivity contribution >= 4 is 17.8 Å². The molecule has 206 valence electrons. The average Bonchev–Trinajstić information content (AvgIpc) is 3.47. The van der Waals surface area contributed by atoms with Crippen molar-refractivity contribution in [3.8, 4) is 5.88 Å². The summed E-state index contributed by atoms with van der Waals surface area (Å²) >= 11 is 0. The fraction of sp³-hybridized carbons (Fsp3) is 0.312. The molecule has 8 heteroatoms. The largest absolute Gasteiger partial charge is 0.480 e. The Morgan fingerprint density at radius 3 is 2.62 bits per heavy atom. The number of benzene rings is 2. The second-order valence-corrected chi connectivity index (χ2v) is 10.1. The van der Waals surface area contributed by atoms with Gasteiger partial charge in [0.25, 0.3) is 5.91 Å². The molecule has 40 heavy (non-hydrogen) atoms. The molecule has 0 bridgehead atoms. The van der Waals surface area contributed by atoms with E-state index in [0.717, 1.165) is 16.7 Å². The Kier molecular flexibility index (Phi) is 7.96. The molecule has 0 radical (unpaired) electrons. The zero-order valence-electron chi connectivity index (χ0n) is 22.5. The average molecular weight is 540 g/mol. The highest BCUT2D eigenvalue weighted by Crippen LogP contribution is 2.48. The minimum atomic E-state index is -1.01. The Balaban J connectivity index is 1.38. The number of ether oxygens (including phenoxy) is 2. The lowest BCUT2D eigenvalue weighted by Crippen LogP contribution is -2.45. The van der Waals surface area contributed by atoms with E-state index in [-0.39, 0.29) is 36.3 Å². The predicted octanol–water partition coefficient (Wildman–Crippen LogP) is 4.01. The Hall–Kier alpha value is -4.46. The lowest BCUT2D eigenvalue weighted by Gasteiger charge is -2.41. The van der Waals surface area contributed by atoms with Crippen LogP contribution < -0.4 is 10.1 Å². The molecule has 1 aliphatic heterocycles. The molecular weight excluding hydrogens is 506 g/mol. The molecule has 1 aromatic heterocycles. The molecule has 1 aliphatic carbocycles. The summed E-state index contributed by atoms with van der Waals surface area (Å²) in [5.41, 5.74) is 1.83. The summed E-state index contributed by atoms with van der Waals surface area (Å²) in [6, 6.07) is 20.5. The van der Waals surface area contributed by atoms with Crippen LogP contribution in [0.15, 0.2) is 85.6 Å². The fourth-order valence-electron chi connectivity index (χ4n) is 6.00.